The molecule has 0 radical (unpaired) electrons. The summed E-state index contributed by atoms with van der Waals surface area (Å²) < 4.78 is 0. The maximum atomic E-state index is 10.9. The molecule has 1 saturated heterocycles. The summed E-state index contributed by atoms with van der Waals surface area (Å²) >= 11 is 0. The molecule has 0 aromatic carbocycles. The molecule has 1 aliphatic carbocycles. The molecule has 0 unspecified atom stereocenters. The minimum atomic E-state index is -0.908. The first-order chi connectivity index (χ1) is 6.79. The lowest BCUT2D eigenvalue weighted by Gasteiger charge is -2.31. The Kier molecular flexibility index (Phi) is 2.75. The van der Waals surface area contributed by atoms with Gasteiger partial charge in [-0.25, -0.2) is 0 Å². The molecule has 0 aromatic rings. The molecule has 1 fully saturated rings. The van der Waals surface area contributed by atoms with Gasteiger partial charge in [0, 0.05) is 12.2 Å². The van der Waals surface area contributed by atoms with E-state index in [0.717, 1.165) is 32.2 Å². The summed E-state index contributed by atoms with van der Waals surface area (Å²) in [4.78, 5) is 12.9. The molecule has 0 amide bonds. The van der Waals surface area contributed by atoms with Crippen molar-refractivity contribution in [3.8, 4) is 0 Å². The van der Waals surface area contributed by atoms with Crippen LogP contribution in [-0.4, -0.2) is 23.5 Å². The van der Waals surface area contributed by atoms with Gasteiger partial charge in [0.25, 0.3) is 0 Å². The van der Waals surface area contributed by atoms with E-state index < -0.39 is 5.97 Å². The van der Waals surface area contributed by atoms with Crippen molar-refractivity contribution in [2.75, 3.05) is 6.54 Å². The Morgan fingerprint density at radius 1 is 1.43 bits per heavy atom. The van der Waals surface area contributed by atoms with Crippen molar-refractivity contribution in [3.63, 3.8) is 0 Å². The number of hydrogen-bond donors (Lipinski definition) is 0. The molecule has 14 heavy (non-hydrogen) atoms. The molecular formula is C11H16NO2-. The lowest BCUT2D eigenvalue weighted by molar-refractivity contribution is -0.310. The molecule has 3 nitrogen and oxygen atoms in total. The van der Waals surface area contributed by atoms with Crippen LogP contribution < -0.4 is 5.11 Å². The van der Waals surface area contributed by atoms with Crippen molar-refractivity contribution in [2.24, 2.45) is 0 Å². The van der Waals surface area contributed by atoms with E-state index in [4.69, 9.17) is 0 Å². The molecule has 2 aliphatic rings. The predicted octanol–water partition coefficient (Wildman–Crippen LogP) is 0.659. The Morgan fingerprint density at radius 2 is 2.29 bits per heavy atom. The zero-order valence-corrected chi connectivity index (χ0v) is 8.37. The van der Waals surface area contributed by atoms with E-state index in [2.05, 4.69) is 6.08 Å². The number of carboxylic acids is 1. The van der Waals surface area contributed by atoms with Crippen LogP contribution >= 0.6 is 0 Å². The first kappa shape index (κ1) is 9.56. The SMILES string of the molecule is O=C([O-])[C@@H]1CCCN1C1=CCCCC1. The second kappa shape index (κ2) is 4.03. The number of allylic oxidation sites excluding steroid dienone is 2. The summed E-state index contributed by atoms with van der Waals surface area (Å²) in [5, 5.41) is 10.9. The molecule has 1 atom stereocenters. The fourth-order valence-corrected chi connectivity index (χ4v) is 2.44. The quantitative estimate of drug-likeness (QED) is 0.648. The third kappa shape index (κ3) is 1.76. The highest BCUT2D eigenvalue weighted by Crippen LogP contribution is 2.28. The van der Waals surface area contributed by atoms with Gasteiger partial charge in [0.05, 0.1) is 12.0 Å². The highest BCUT2D eigenvalue weighted by molar-refractivity contribution is 5.72. The normalized spacial score (nSPS) is 27.6. The number of likely N-dealkylation sites (tertiary alicyclic amines) is 1. The van der Waals surface area contributed by atoms with Crippen molar-refractivity contribution in [1.82, 2.24) is 4.90 Å². The number of hydrogen-bond acceptors (Lipinski definition) is 3. The van der Waals surface area contributed by atoms with E-state index in [1.54, 1.807) is 0 Å². The standard InChI is InChI=1S/C11H17NO2/c13-11(14)10-7-4-8-12(10)9-5-2-1-3-6-9/h5,10H,1-4,6-8H2,(H,13,14)/p-1/t10-/m0/s1. The van der Waals surface area contributed by atoms with Crippen LogP contribution in [0.4, 0.5) is 0 Å². The summed E-state index contributed by atoms with van der Waals surface area (Å²) in [6.07, 6.45) is 8.52. The molecule has 1 aliphatic heterocycles. The molecule has 2 rings (SSSR count). The number of carbonyl (C=O) groups is 1. The number of carbonyl (C=O) groups excluding carboxylic acids is 1. The van der Waals surface area contributed by atoms with Crippen LogP contribution in [0.1, 0.15) is 38.5 Å². The third-order valence-electron chi connectivity index (χ3n) is 3.16. The van der Waals surface area contributed by atoms with Crippen LogP contribution in [0.25, 0.3) is 0 Å². The fraction of sp³-hybridized carbons (Fsp3) is 0.727. The van der Waals surface area contributed by atoms with Crippen LogP contribution in [0, 0.1) is 0 Å². The Bertz CT molecular complexity index is 260. The molecular weight excluding hydrogens is 178 g/mol. The fourth-order valence-electron chi connectivity index (χ4n) is 2.44. The van der Waals surface area contributed by atoms with E-state index in [1.807, 2.05) is 4.90 Å². The van der Waals surface area contributed by atoms with Crippen LogP contribution in [-0.2, 0) is 4.79 Å². The minimum absolute atomic E-state index is 0.362. The average molecular weight is 194 g/mol. The smallest absolute Gasteiger partial charge is 0.0684 e. The maximum absolute atomic E-state index is 10.9. The van der Waals surface area contributed by atoms with E-state index in [9.17, 15) is 9.90 Å². The van der Waals surface area contributed by atoms with Crippen molar-refractivity contribution in [1.29, 1.82) is 0 Å². The zero-order chi connectivity index (χ0) is 9.97. The second-order valence-corrected chi connectivity index (χ2v) is 4.11. The van der Waals surface area contributed by atoms with E-state index in [0.29, 0.717) is 0 Å². The van der Waals surface area contributed by atoms with Gasteiger partial charge in [-0.05, 0) is 38.5 Å². The first-order valence-corrected chi connectivity index (χ1v) is 5.45. The maximum Gasteiger partial charge on any atom is 0.0684 e. The molecule has 78 valence electrons. The number of nitrogens with zero attached hydrogens (tertiary/aromatic N) is 1. The van der Waals surface area contributed by atoms with Gasteiger partial charge in [-0.1, -0.05) is 6.08 Å². The molecule has 0 N–H and O–H groups in total. The predicted molar refractivity (Wildman–Crippen MR) is 51.3 cm³/mol. The Morgan fingerprint density at radius 3 is 2.93 bits per heavy atom. The Hall–Kier alpha value is -0.990. The van der Waals surface area contributed by atoms with Gasteiger partial charge in [0.1, 0.15) is 0 Å². The Labute approximate surface area is 84.4 Å². The number of carboxylic acid groups (broad SMARTS) is 1. The summed E-state index contributed by atoms with van der Waals surface area (Å²) in [6.45, 7) is 0.893. The Balaban J connectivity index is 2.08. The van der Waals surface area contributed by atoms with Crippen molar-refractivity contribution in [2.45, 2.75) is 44.6 Å². The van der Waals surface area contributed by atoms with Gasteiger partial charge < -0.3 is 14.8 Å². The second-order valence-electron chi connectivity index (χ2n) is 4.11. The molecule has 3 heteroatoms. The van der Waals surface area contributed by atoms with E-state index in [1.165, 1.54) is 18.5 Å². The third-order valence-corrected chi connectivity index (χ3v) is 3.16. The summed E-state index contributed by atoms with van der Waals surface area (Å²) in [5.74, 6) is -0.908. The van der Waals surface area contributed by atoms with Crippen LogP contribution in [0.3, 0.4) is 0 Å². The topological polar surface area (TPSA) is 43.4 Å². The van der Waals surface area contributed by atoms with Crippen LogP contribution in [0.15, 0.2) is 11.8 Å². The number of aliphatic carboxylic acids is 1. The summed E-state index contributed by atoms with van der Waals surface area (Å²) in [6, 6.07) is -0.362. The first-order valence-electron chi connectivity index (χ1n) is 5.45. The zero-order valence-electron chi connectivity index (χ0n) is 8.37. The minimum Gasteiger partial charge on any atom is -0.548 e. The molecule has 0 spiro atoms. The van der Waals surface area contributed by atoms with Gasteiger partial charge in [0.15, 0.2) is 0 Å². The largest absolute Gasteiger partial charge is 0.548 e. The average Bonchev–Trinajstić information content (AvgIpc) is 2.67. The van der Waals surface area contributed by atoms with Crippen LogP contribution in [0.5, 0.6) is 0 Å². The van der Waals surface area contributed by atoms with Gasteiger partial charge in [0.2, 0.25) is 0 Å². The van der Waals surface area contributed by atoms with Gasteiger partial charge in [-0.15, -0.1) is 0 Å². The van der Waals surface area contributed by atoms with Gasteiger partial charge in [-0.2, -0.15) is 0 Å². The van der Waals surface area contributed by atoms with E-state index in [-0.39, 0.29) is 6.04 Å². The van der Waals surface area contributed by atoms with Crippen molar-refractivity contribution < 1.29 is 9.90 Å². The van der Waals surface area contributed by atoms with Crippen LogP contribution in [0.2, 0.25) is 0 Å². The lowest BCUT2D eigenvalue weighted by atomic mass is 10.0. The van der Waals surface area contributed by atoms with Gasteiger partial charge in [-0.3, -0.25) is 0 Å². The molecule has 0 bridgehead atoms. The highest BCUT2D eigenvalue weighted by Gasteiger charge is 2.27. The molecule has 1 heterocycles. The highest BCUT2D eigenvalue weighted by atomic mass is 16.4. The molecule has 0 saturated carbocycles. The summed E-state index contributed by atoms with van der Waals surface area (Å²) in [5.41, 5.74) is 1.24. The molecule has 0 aromatic heterocycles. The van der Waals surface area contributed by atoms with Crippen molar-refractivity contribution in [3.05, 3.63) is 11.8 Å². The number of rotatable bonds is 2. The monoisotopic (exact) mass is 194 g/mol. The van der Waals surface area contributed by atoms with Gasteiger partial charge >= 0.3 is 0 Å². The summed E-state index contributed by atoms with van der Waals surface area (Å²) in [7, 11) is 0. The van der Waals surface area contributed by atoms with E-state index >= 15 is 0 Å². The van der Waals surface area contributed by atoms with Crippen molar-refractivity contribution >= 4 is 5.97 Å². The lowest BCUT2D eigenvalue weighted by Crippen LogP contribution is -2.44.